The van der Waals surface area contributed by atoms with Gasteiger partial charge in [0.1, 0.15) is 5.82 Å². The predicted octanol–water partition coefficient (Wildman–Crippen LogP) is 2.68. The highest BCUT2D eigenvalue weighted by atomic mass is 35.5. The van der Waals surface area contributed by atoms with Crippen molar-refractivity contribution in [2.45, 2.75) is 25.1 Å². The minimum atomic E-state index is -4.42. The van der Waals surface area contributed by atoms with Crippen molar-refractivity contribution in [3.8, 4) is 0 Å². The van der Waals surface area contributed by atoms with Crippen LogP contribution in [-0.4, -0.2) is 24.1 Å². The van der Waals surface area contributed by atoms with Crippen LogP contribution in [0.1, 0.15) is 18.4 Å². The van der Waals surface area contributed by atoms with Crippen LogP contribution in [0.15, 0.2) is 12.3 Å². The quantitative estimate of drug-likeness (QED) is 0.905. The van der Waals surface area contributed by atoms with Gasteiger partial charge in [-0.25, -0.2) is 4.98 Å². The maximum Gasteiger partial charge on any atom is 0.417 e. The third-order valence-corrected chi connectivity index (χ3v) is 3.35. The van der Waals surface area contributed by atoms with E-state index in [1.165, 1.54) is 0 Å². The summed E-state index contributed by atoms with van der Waals surface area (Å²) in [7, 11) is 0. The minimum Gasteiger partial charge on any atom is -0.351 e. The van der Waals surface area contributed by atoms with Gasteiger partial charge >= 0.3 is 6.18 Å². The summed E-state index contributed by atoms with van der Waals surface area (Å²) < 4.78 is 37.5. The van der Waals surface area contributed by atoms with Gasteiger partial charge < -0.3 is 10.6 Å². The maximum atomic E-state index is 12.5. The lowest BCUT2D eigenvalue weighted by atomic mass is 10.2. The highest BCUT2D eigenvalue weighted by Gasteiger charge is 2.33. The Bertz CT molecular complexity index is 436. The molecule has 100 valence electrons. The summed E-state index contributed by atoms with van der Waals surface area (Å²) in [6.45, 7) is 1.17. The smallest absolute Gasteiger partial charge is 0.351 e. The van der Waals surface area contributed by atoms with E-state index in [1.807, 2.05) is 4.90 Å². The molecule has 0 spiro atoms. The Morgan fingerprint density at radius 2 is 2.22 bits per heavy atom. The van der Waals surface area contributed by atoms with E-state index in [-0.39, 0.29) is 11.1 Å². The zero-order chi connectivity index (χ0) is 13.3. The standard InChI is InChI=1S/C11H13ClF3N3/c12-9-4-7(11(13,14)15)6-17-10(9)18-3-1-2-8(18)5-16/h4,6,8H,1-3,5,16H2/t8-/m1/s1. The molecule has 1 saturated heterocycles. The first-order valence-corrected chi connectivity index (χ1v) is 6.00. The van der Waals surface area contributed by atoms with E-state index in [0.29, 0.717) is 12.4 Å². The van der Waals surface area contributed by atoms with E-state index in [4.69, 9.17) is 17.3 Å². The van der Waals surface area contributed by atoms with E-state index < -0.39 is 11.7 Å². The summed E-state index contributed by atoms with van der Waals surface area (Å²) in [5.74, 6) is 0.387. The lowest BCUT2D eigenvalue weighted by Gasteiger charge is -2.25. The van der Waals surface area contributed by atoms with Gasteiger partial charge in [-0.1, -0.05) is 11.6 Å². The molecule has 1 aliphatic rings. The van der Waals surface area contributed by atoms with Gasteiger partial charge in [-0.05, 0) is 18.9 Å². The molecule has 0 aromatic carbocycles. The van der Waals surface area contributed by atoms with Crippen molar-refractivity contribution >= 4 is 17.4 Å². The van der Waals surface area contributed by atoms with Crippen molar-refractivity contribution in [1.29, 1.82) is 0 Å². The number of aromatic nitrogens is 1. The van der Waals surface area contributed by atoms with Gasteiger partial charge in [0.25, 0.3) is 0 Å². The second-order valence-electron chi connectivity index (χ2n) is 4.25. The average molecular weight is 280 g/mol. The van der Waals surface area contributed by atoms with Crippen LogP contribution in [0.4, 0.5) is 19.0 Å². The Morgan fingerprint density at radius 1 is 1.50 bits per heavy atom. The molecule has 0 bridgehead atoms. The molecular formula is C11H13ClF3N3. The molecule has 0 radical (unpaired) electrons. The zero-order valence-corrected chi connectivity index (χ0v) is 10.3. The van der Waals surface area contributed by atoms with Crippen LogP contribution < -0.4 is 10.6 Å². The Hall–Kier alpha value is -1.01. The summed E-state index contributed by atoms with van der Waals surface area (Å²) in [5, 5.41) is 0.0187. The van der Waals surface area contributed by atoms with E-state index in [9.17, 15) is 13.2 Å². The van der Waals surface area contributed by atoms with Gasteiger partial charge in [0.05, 0.1) is 10.6 Å². The van der Waals surface area contributed by atoms with E-state index >= 15 is 0 Å². The Kier molecular flexibility index (Phi) is 3.68. The van der Waals surface area contributed by atoms with Gasteiger partial charge in [0.15, 0.2) is 0 Å². The molecule has 0 unspecified atom stereocenters. The average Bonchev–Trinajstić information content (AvgIpc) is 2.75. The van der Waals surface area contributed by atoms with Crippen molar-refractivity contribution in [2.75, 3.05) is 18.0 Å². The molecule has 1 aromatic heterocycles. The Labute approximate surface area is 108 Å². The molecule has 0 aliphatic carbocycles. The van der Waals surface area contributed by atoms with E-state index in [1.54, 1.807) is 0 Å². The summed E-state index contributed by atoms with van der Waals surface area (Å²) >= 11 is 5.89. The van der Waals surface area contributed by atoms with Crippen molar-refractivity contribution < 1.29 is 13.2 Å². The number of nitrogens with two attached hydrogens (primary N) is 1. The Morgan fingerprint density at radius 3 is 2.78 bits per heavy atom. The number of pyridine rings is 1. The van der Waals surface area contributed by atoms with Crippen LogP contribution in [0.3, 0.4) is 0 Å². The fraction of sp³-hybridized carbons (Fsp3) is 0.545. The number of rotatable bonds is 2. The molecule has 2 heterocycles. The van der Waals surface area contributed by atoms with Crippen LogP contribution in [0.25, 0.3) is 0 Å². The molecule has 2 N–H and O–H groups in total. The summed E-state index contributed by atoms with van der Waals surface area (Å²) in [6, 6.07) is 1.02. The second kappa shape index (κ2) is 4.93. The number of nitrogens with zero attached hydrogens (tertiary/aromatic N) is 2. The number of halogens is 4. The largest absolute Gasteiger partial charge is 0.417 e. The third-order valence-electron chi connectivity index (χ3n) is 3.07. The minimum absolute atomic E-state index is 0.0187. The van der Waals surface area contributed by atoms with Crippen LogP contribution in [0.5, 0.6) is 0 Å². The van der Waals surface area contributed by atoms with Crippen molar-refractivity contribution in [2.24, 2.45) is 5.73 Å². The fourth-order valence-electron chi connectivity index (χ4n) is 2.16. The van der Waals surface area contributed by atoms with Gasteiger partial charge in [-0.3, -0.25) is 0 Å². The van der Waals surface area contributed by atoms with Crippen molar-refractivity contribution in [3.05, 3.63) is 22.8 Å². The number of hydrogen-bond acceptors (Lipinski definition) is 3. The number of anilines is 1. The summed E-state index contributed by atoms with van der Waals surface area (Å²) in [6.07, 6.45) is -1.75. The van der Waals surface area contributed by atoms with Gasteiger partial charge in [0.2, 0.25) is 0 Å². The topological polar surface area (TPSA) is 42.1 Å². The molecule has 3 nitrogen and oxygen atoms in total. The van der Waals surface area contributed by atoms with Crippen LogP contribution in [-0.2, 0) is 6.18 Å². The molecule has 1 aliphatic heterocycles. The molecular weight excluding hydrogens is 267 g/mol. The zero-order valence-electron chi connectivity index (χ0n) is 9.54. The first-order valence-electron chi connectivity index (χ1n) is 5.63. The maximum absolute atomic E-state index is 12.5. The molecule has 18 heavy (non-hydrogen) atoms. The first-order chi connectivity index (χ1) is 8.43. The highest BCUT2D eigenvalue weighted by molar-refractivity contribution is 6.33. The van der Waals surface area contributed by atoms with Gasteiger partial charge in [-0.2, -0.15) is 13.2 Å². The molecule has 1 fully saturated rings. The molecule has 0 saturated carbocycles. The molecule has 2 rings (SSSR count). The van der Waals surface area contributed by atoms with E-state index in [0.717, 1.165) is 31.6 Å². The summed E-state index contributed by atoms with van der Waals surface area (Å²) in [5.41, 5.74) is 4.78. The lowest BCUT2D eigenvalue weighted by Crippen LogP contribution is -2.36. The molecule has 1 aromatic rings. The first kappa shape index (κ1) is 13.4. The van der Waals surface area contributed by atoms with Gasteiger partial charge in [-0.15, -0.1) is 0 Å². The Balaban J connectivity index is 2.30. The normalized spacial score (nSPS) is 20.5. The van der Waals surface area contributed by atoms with Crippen LogP contribution in [0.2, 0.25) is 5.02 Å². The molecule has 7 heteroatoms. The number of alkyl halides is 3. The lowest BCUT2D eigenvalue weighted by molar-refractivity contribution is -0.137. The second-order valence-corrected chi connectivity index (χ2v) is 4.66. The van der Waals surface area contributed by atoms with Gasteiger partial charge in [0, 0.05) is 25.3 Å². The fourth-order valence-corrected chi connectivity index (χ4v) is 2.43. The molecule has 0 amide bonds. The monoisotopic (exact) mass is 279 g/mol. The third kappa shape index (κ3) is 2.54. The van der Waals surface area contributed by atoms with Crippen LogP contribution in [0, 0.1) is 0 Å². The van der Waals surface area contributed by atoms with Crippen molar-refractivity contribution in [3.63, 3.8) is 0 Å². The summed E-state index contributed by atoms with van der Waals surface area (Å²) in [4.78, 5) is 5.72. The SMILES string of the molecule is NC[C@H]1CCCN1c1ncc(C(F)(F)F)cc1Cl. The van der Waals surface area contributed by atoms with E-state index in [2.05, 4.69) is 4.98 Å². The highest BCUT2D eigenvalue weighted by Crippen LogP contribution is 2.35. The van der Waals surface area contributed by atoms with Crippen LogP contribution >= 0.6 is 11.6 Å². The number of hydrogen-bond donors (Lipinski definition) is 1. The molecule has 1 atom stereocenters. The predicted molar refractivity (Wildman–Crippen MR) is 63.7 cm³/mol. The van der Waals surface area contributed by atoms with Crippen molar-refractivity contribution in [1.82, 2.24) is 4.98 Å².